The standard InChI is InChI=1S/C24H22N4O2S/c1-14-10-15(2)12-17(11-14)23(29)28-24(31)27-20-13-16(8-9-21(20)30-3)22-25-18-6-4-5-7-19(18)26-22/h4-13H,1-3H3,(H,25,26)(H2,27,28,29,31). The van der Waals surface area contributed by atoms with Crippen LogP contribution in [0.5, 0.6) is 5.75 Å². The van der Waals surface area contributed by atoms with Gasteiger partial charge in [-0.1, -0.05) is 29.3 Å². The van der Waals surface area contributed by atoms with E-state index in [9.17, 15) is 4.79 Å². The number of anilines is 1. The van der Waals surface area contributed by atoms with E-state index in [0.29, 0.717) is 17.0 Å². The maximum absolute atomic E-state index is 12.6. The first-order valence-corrected chi connectivity index (χ1v) is 10.2. The number of methoxy groups -OCH3 is 1. The van der Waals surface area contributed by atoms with Crippen LogP contribution in [0.15, 0.2) is 60.7 Å². The lowest BCUT2D eigenvalue weighted by atomic mass is 10.1. The molecule has 3 N–H and O–H groups in total. The molecule has 1 aromatic heterocycles. The number of imidazole rings is 1. The third-order valence-corrected chi connectivity index (χ3v) is 5.03. The monoisotopic (exact) mass is 430 g/mol. The molecule has 6 nitrogen and oxygen atoms in total. The van der Waals surface area contributed by atoms with Crippen molar-refractivity contribution < 1.29 is 9.53 Å². The van der Waals surface area contributed by atoms with Gasteiger partial charge in [0.2, 0.25) is 0 Å². The molecule has 1 amide bonds. The predicted octanol–water partition coefficient (Wildman–Crippen LogP) is 4.98. The Morgan fingerprint density at radius 1 is 1.03 bits per heavy atom. The van der Waals surface area contributed by atoms with Gasteiger partial charge in [0.15, 0.2) is 5.11 Å². The van der Waals surface area contributed by atoms with Gasteiger partial charge >= 0.3 is 0 Å². The highest BCUT2D eigenvalue weighted by Gasteiger charge is 2.13. The number of para-hydroxylation sites is 2. The molecule has 0 bridgehead atoms. The Balaban J connectivity index is 1.56. The fraction of sp³-hybridized carbons (Fsp3) is 0.125. The van der Waals surface area contributed by atoms with Gasteiger partial charge in [0.25, 0.3) is 5.91 Å². The highest BCUT2D eigenvalue weighted by Crippen LogP contribution is 2.30. The molecule has 0 saturated carbocycles. The third kappa shape index (κ3) is 4.57. The second kappa shape index (κ2) is 8.57. The van der Waals surface area contributed by atoms with Gasteiger partial charge < -0.3 is 15.0 Å². The Hall–Kier alpha value is -3.71. The molecule has 0 aliphatic carbocycles. The number of benzene rings is 3. The van der Waals surface area contributed by atoms with Crippen LogP contribution in [0, 0.1) is 13.8 Å². The molecule has 0 saturated heterocycles. The third-order valence-electron chi connectivity index (χ3n) is 4.82. The van der Waals surface area contributed by atoms with Gasteiger partial charge in [0.05, 0.1) is 23.8 Å². The van der Waals surface area contributed by atoms with Crippen molar-refractivity contribution in [3.8, 4) is 17.1 Å². The van der Waals surface area contributed by atoms with Crippen LogP contribution in [-0.4, -0.2) is 28.1 Å². The number of aromatic nitrogens is 2. The minimum Gasteiger partial charge on any atom is -0.495 e. The van der Waals surface area contributed by atoms with E-state index in [4.69, 9.17) is 17.0 Å². The Labute approximate surface area is 185 Å². The van der Waals surface area contributed by atoms with Crippen LogP contribution in [0.25, 0.3) is 22.4 Å². The Bertz CT molecular complexity index is 1240. The van der Waals surface area contributed by atoms with E-state index < -0.39 is 0 Å². The van der Waals surface area contributed by atoms with Crippen LogP contribution in [0.1, 0.15) is 21.5 Å². The number of fused-ring (bicyclic) bond motifs is 1. The summed E-state index contributed by atoms with van der Waals surface area (Å²) in [6, 6.07) is 19.1. The molecule has 0 fully saturated rings. The summed E-state index contributed by atoms with van der Waals surface area (Å²) in [5.41, 5.74) is 5.94. The molecule has 0 unspecified atom stereocenters. The van der Waals surface area contributed by atoms with Crippen molar-refractivity contribution >= 4 is 40.0 Å². The maximum atomic E-state index is 12.6. The van der Waals surface area contributed by atoms with Crippen LogP contribution in [0.4, 0.5) is 5.69 Å². The second-order valence-corrected chi connectivity index (χ2v) is 7.71. The van der Waals surface area contributed by atoms with Gasteiger partial charge in [-0.2, -0.15) is 0 Å². The highest BCUT2D eigenvalue weighted by molar-refractivity contribution is 7.80. The van der Waals surface area contributed by atoms with Crippen molar-refractivity contribution in [1.82, 2.24) is 15.3 Å². The molecule has 1 heterocycles. The average Bonchev–Trinajstić information content (AvgIpc) is 3.17. The SMILES string of the molecule is COc1ccc(-c2nc3ccccc3[nH]2)cc1NC(=S)NC(=O)c1cc(C)cc(C)c1. The molecule has 0 spiro atoms. The number of aromatic amines is 1. The molecular weight excluding hydrogens is 408 g/mol. The molecule has 0 aliphatic heterocycles. The average molecular weight is 431 g/mol. The van der Waals surface area contributed by atoms with Crippen LogP contribution in [0.3, 0.4) is 0 Å². The summed E-state index contributed by atoms with van der Waals surface area (Å²) >= 11 is 5.38. The zero-order chi connectivity index (χ0) is 22.0. The van der Waals surface area contributed by atoms with E-state index in [0.717, 1.165) is 33.5 Å². The number of nitrogens with one attached hydrogen (secondary N) is 3. The summed E-state index contributed by atoms with van der Waals surface area (Å²) in [5.74, 6) is 1.07. The lowest BCUT2D eigenvalue weighted by molar-refractivity contribution is 0.0977. The number of carbonyl (C=O) groups excluding carboxylic acids is 1. The van der Waals surface area contributed by atoms with Crippen molar-refractivity contribution in [3.05, 3.63) is 77.4 Å². The Kier molecular flexibility index (Phi) is 5.68. The fourth-order valence-corrected chi connectivity index (χ4v) is 3.68. The molecule has 4 aromatic rings. The smallest absolute Gasteiger partial charge is 0.257 e. The molecule has 156 valence electrons. The van der Waals surface area contributed by atoms with Crippen molar-refractivity contribution in [3.63, 3.8) is 0 Å². The first-order valence-electron chi connectivity index (χ1n) is 9.77. The first kappa shape index (κ1) is 20.6. The number of ether oxygens (including phenoxy) is 1. The first-order chi connectivity index (χ1) is 14.9. The highest BCUT2D eigenvalue weighted by atomic mass is 32.1. The second-order valence-electron chi connectivity index (χ2n) is 7.30. The normalized spacial score (nSPS) is 10.7. The topological polar surface area (TPSA) is 79.0 Å². The van der Waals surface area contributed by atoms with Gasteiger partial charge in [0, 0.05) is 11.1 Å². The summed E-state index contributed by atoms with van der Waals surface area (Å²) in [4.78, 5) is 20.6. The molecule has 0 radical (unpaired) electrons. The van der Waals surface area contributed by atoms with Crippen LogP contribution in [0.2, 0.25) is 0 Å². The molecule has 4 rings (SSSR count). The fourth-order valence-electron chi connectivity index (χ4n) is 3.48. The summed E-state index contributed by atoms with van der Waals surface area (Å²) in [5, 5.41) is 5.99. The van der Waals surface area contributed by atoms with Gasteiger partial charge in [-0.05, 0) is 68.5 Å². The lowest BCUT2D eigenvalue weighted by Crippen LogP contribution is -2.34. The van der Waals surface area contributed by atoms with E-state index in [2.05, 4.69) is 20.6 Å². The largest absolute Gasteiger partial charge is 0.495 e. The molecule has 7 heteroatoms. The Morgan fingerprint density at radius 3 is 2.48 bits per heavy atom. The van der Waals surface area contributed by atoms with E-state index in [-0.39, 0.29) is 11.0 Å². The van der Waals surface area contributed by atoms with Crippen molar-refractivity contribution in [2.75, 3.05) is 12.4 Å². The van der Waals surface area contributed by atoms with E-state index in [1.54, 1.807) is 7.11 Å². The van der Waals surface area contributed by atoms with E-state index in [1.807, 2.05) is 74.5 Å². The lowest BCUT2D eigenvalue weighted by Gasteiger charge is -2.14. The van der Waals surface area contributed by atoms with Crippen LogP contribution in [-0.2, 0) is 0 Å². The maximum Gasteiger partial charge on any atom is 0.257 e. The number of carbonyl (C=O) groups is 1. The minimum atomic E-state index is -0.267. The minimum absolute atomic E-state index is 0.184. The van der Waals surface area contributed by atoms with Gasteiger partial charge in [-0.25, -0.2) is 4.98 Å². The van der Waals surface area contributed by atoms with E-state index >= 15 is 0 Å². The summed E-state index contributed by atoms with van der Waals surface area (Å²) < 4.78 is 5.45. The van der Waals surface area contributed by atoms with Gasteiger partial charge in [-0.3, -0.25) is 10.1 Å². The van der Waals surface area contributed by atoms with Crippen molar-refractivity contribution in [2.45, 2.75) is 13.8 Å². The summed E-state index contributed by atoms with van der Waals surface area (Å²) in [6.45, 7) is 3.91. The zero-order valence-electron chi connectivity index (χ0n) is 17.4. The number of hydrogen-bond acceptors (Lipinski definition) is 4. The van der Waals surface area contributed by atoms with Crippen molar-refractivity contribution in [2.24, 2.45) is 0 Å². The summed E-state index contributed by atoms with van der Waals surface area (Å²) in [7, 11) is 1.58. The number of H-pyrrole nitrogens is 1. The number of amides is 1. The molecule has 3 aromatic carbocycles. The molecule has 31 heavy (non-hydrogen) atoms. The van der Waals surface area contributed by atoms with Gasteiger partial charge in [-0.15, -0.1) is 0 Å². The molecular formula is C24H22N4O2S. The number of aryl methyl sites for hydroxylation is 2. The number of hydrogen-bond donors (Lipinski definition) is 3. The number of nitrogens with zero attached hydrogens (tertiary/aromatic N) is 1. The van der Waals surface area contributed by atoms with Crippen LogP contribution >= 0.6 is 12.2 Å². The molecule has 0 aliphatic rings. The van der Waals surface area contributed by atoms with E-state index in [1.165, 1.54) is 0 Å². The predicted molar refractivity (Wildman–Crippen MR) is 128 cm³/mol. The van der Waals surface area contributed by atoms with Crippen LogP contribution < -0.4 is 15.4 Å². The zero-order valence-corrected chi connectivity index (χ0v) is 18.3. The molecule has 0 atom stereocenters. The van der Waals surface area contributed by atoms with Crippen molar-refractivity contribution in [1.29, 1.82) is 0 Å². The Morgan fingerprint density at radius 2 is 1.77 bits per heavy atom. The number of thiocarbonyl (C=S) groups is 1. The summed E-state index contributed by atoms with van der Waals surface area (Å²) in [6.07, 6.45) is 0. The number of rotatable bonds is 4. The quantitative estimate of drug-likeness (QED) is 0.398. The van der Waals surface area contributed by atoms with Gasteiger partial charge in [0.1, 0.15) is 11.6 Å².